The van der Waals surface area contributed by atoms with Crippen LogP contribution in [-0.4, -0.2) is 26.2 Å². The fourth-order valence-corrected chi connectivity index (χ4v) is 4.60. The maximum Gasteiger partial charge on any atom is 0.236 e. The number of aryl methyl sites for hydroxylation is 1. The maximum absolute atomic E-state index is 14.3. The van der Waals surface area contributed by atoms with E-state index >= 15 is 0 Å². The van der Waals surface area contributed by atoms with Gasteiger partial charge in [-0.1, -0.05) is 41.6 Å². The zero-order valence-electron chi connectivity index (χ0n) is 15.4. The minimum atomic E-state index is -0.372. The molecule has 0 spiro atoms. The Bertz CT molecular complexity index is 1170. The number of carbonyl (C=O) groups excluding carboxylic acids is 1. The Hall–Kier alpha value is -2.42. The zero-order valence-corrected chi connectivity index (χ0v) is 17.7. The summed E-state index contributed by atoms with van der Waals surface area (Å²) in [5, 5.41) is 6.21. The number of thioether (sulfide) groups is 1. The molecular weight excluding hydrogens is 431 g/mol. The first kappa shape index (κ1) is 19.9. The Balaban J connectivity index is 1.59. The van der Waals surface area contributed by atoms with Crippen molar-refractivity contribution >= 4 is 56.8 Å². The summed E-state index contributed by atoms with van der Waals surface area (Å²) in [6, 6.07) is 12.2. The number of nitrogens with one attached hydrogen (secondary N) is 1. The van der Waals surface area contributed by atoms with E-state index in [4.69, 9.17) is 11.6 Å². The number of carbonyl (C=O) groups is 1. The van der Waals surface area contributed by atoms with Crippen molar-refractivity contribution in [3.63, 3.8) is 0 Å². The van der Waals surface area contributed by atoms with E-state index in [9.17, 15) is 9.18 Å². The molecule has 0 unspecified atom stereocenters. The van der Waals surface area contributed by atoms with Crippen molar-refractivity contribution < 1.29 is 9.18 Å². The van der Waals surface area contributed by atoms with Gasteiger partial charge < -0.3 is 9.88 Å². The van der Waals surface area contributed by atoms with Gasteiger partial charge in [0.05, 0.1) is 29.0 Å². The van der Waals surface area contributed by atoms with Crippen molar-refractivity contribution in [2.45, 2.75) is 18.6 Å². The number of fused-ring (bicyclic) bond motifs is 1. The summed E-state index contributed by atoms with van der Waals surface area (Å²) in [4.78, 5) is 21.2. The van der Waals surface area contributed by atoms with Gasteiger partial charge in [0.25, 0.3) is 0 Å². The van der Waals surface area contributed by atoms with Gasteiger partial charge in [0.2, 0.25) is 5.91 Å². The number of thiazole rings is 1. The van der Waals surface area contributed by atoms with E-state index in [1.54, 1.807) is 12.1 Å². The highest BCUT2D eigenvalue weighted by Gasteiger charge is 2.16. The summed E-state index contributed by atoms with van der Waals surface area (Å²) < 4.78 is 16.2. The predicted molar refractivity (Wildman–Crippen MR) is 116 cm³/mol. The molecule has 4 aromatic rings. The standard InChI is InChI=1S/C20H16ClFN4OS2/c1-12-10-28-19(23-12)25-18(27)11-29-20-24-16-7-2-3-8-17(16)26(20)9-13-14(21)5-4-6-15(13)22/h2-8,10H,9,11H2,1H3,(H,23,25,27). The molecule has 0 saturated heterocycles. The lowest BCUT2D eigenvalue weighted by molar-refractivity contribution is -0.113. The van der Waals surface area contributed by atoms with Crippen LogP contribution < -0.4 is 5.32 Å². The van der Waals surface area contributed by atoms with Crippen LogP contribution >= 0.6 is 34.7 Å². The van der Waals surface area contributed by atoms with E-state index in [-0.39, 0.29) is 24.0 Å². The van der Waals surface area contributed by atoms with E-state index in [1.165, 1.54) is 29.2 Å². The summed E-state index contributed by atoms with van der Waals surface area (Å²) in [6.07, 6.45) is 0. The first-order valence-corrected chi connectivity index (χ1v) is 11.0. The average Bonchev–Trinajstić information content (AvgIpc) is 3.26. The van der Waals surface area contributed by atoms with Crippen molar-refractivity contribution in [3.05, 3.63) is 69.9 Å². The highest BCUT2D eigenvalue weighted by atomic mass is 35.5. The van der Waals surface area contributed by atoms with E-state index in [1.807, 2.05) is 41.1 Å². The molecule has 29 heavy (non-hydrogen) atoms. The third kappa shape index (κ3) is 4.44. The lowest BCUT2D eigenvalue weighted by Crippen LogP contribution is -2.14. The fraction of sp³-hybridized carbons (Fsp3) is 0.150. The normalized spacial score (nSPS) is 11.1. The monoisotopic (exact) mass is 446 g/mol. The van der Waals surface area contributed by atoms with E-state index < -0.39 is 0 Å². The number of para-hydroxylation sites is 2. The van der Waals surface area contributed by atoms with Gasteiger partial charge in [0.15, 0.2) is 10.3 Å². The molecule has 0 aliphatic rings. The van der Waals surface area contributed by atoms with Crippen LogP contribution in [-0.2, 0) is 11.3 Å². The van der Waals surface area contributed by atoms with Crippen molar-refractivity contribution in [1.82, 2.24) is 14.5 Å². The van der Waals surface area contributed by atoms with Gasteiger partial charge in [-0.25, -0.2) is 14.4 Å². The van der Waals surface area contributed by atoms with Crippen molar-refractivity contribution in [2.75, 3.05) is 11.1 Å². The highest BCUT2D eigenvalue weighted by Crippen LogP contribution is 2.28. The molecule has 1 N–H and O–H groups in total. The molecular formula is C20H16ClFN4OS2. The lowest BCUT2D eigenvalue weighted by Gasteiger charge is -2.11. The van der Waals surface area contributed by atoms with Crippen LogP contribution in [0.25, 0.3) is 11.0 Å². The smallest absolute Gasteiger partial charge is 0.236 e. The van der Waals surface area contributed by atoms with Gasteiger partial charge in [-0.2, -0.15) is 0 Å². The zero-order chi connectivity index (χ0) is 20.4. The second kappa shape index (κ2) is 8.52. The lowest BCUT2D eigenvalue weighted by atomic mass is 10.2. The number of amides is 1. The van der Waals surface area contributed by atoms with Gasteiger partial charge in [-0.15, -0.1) is 11.3 Å². The fourth-order valence-electron chi connectivity index (χ4n) is 2.85. The summed E-state index contributed by atoms with van der Waals surface area (Å²) >= 11 is 8.89. The van der Waals surface area contributed by atoms with E-state index in [0.717, 1.165) is 16.7 Å². The molecule has 0 radical (unpaired) electrons. The molecule has 9 heteroatoms. The van der Waals surface area contributed by atoms with Crippen LogP contribution in [0.15, 0.2) is 53.0 Å². The van der Waals surface area contributed by atoms with Gasteiger partial charge >= 0.3 is 0 Å². The molecule has 0 aliphatic heterocycles. The SMILES string of the molecule is Cc1csc(NC(=O)CSc2nc3ccccc3n2Cc2c(F)cccc2Cl)n1. The molecule has 0 fully saturated rings. The Kier molecular flexibility index (Phi) is 5.84. The number of halogens is 2. The minimum absolute atomic E-state index is 0.160. The molecule has 148 valence electrons. The van der Waals surface area contributed by atoms with Crippen LogP contribution in [0, 0.1) is 12.7 Å². The largest absolute Gasteiger partial charge is 0.314 e. The minimum Gasteiger partial charge on any atom is -0.314 e. The Labute approximate surface area is 179 Å². The number of imidazole rings is 1. The molecule has 0 aliphatic carbocycles. The first-order valence-electron chi connectivity index (χ1n) is 8.74. The van der Waals surface area contributed by atoms with E-state index in [0.29, 0.717) is 20.9 Å². The van der Waals surface area contributed by atoms with Crippen molar-refractivity contribution in [2.24, 2.45) is 0 Å². The molecule has 1 amide bonds. The summed E-state index contributed by atoms with van der Waals surface area (Å²) in [5.41, 5.74) is 2.88. The van der Waals surface area contributed by atoms with Gasteiger partial charge in [0.1, 0.15) is 5.82 Å². The highest BCUT2D eigenvalue weighted by molar-refractivity contribution is 7.99. The summed E-state index contributed by atoms with van der Waals surface area (Å²) in [7, 11) is 0. The Morgan fingerprint density at radius 2 is 2.07 bits per heavy atom. The van der Waals surface area contributed by atoms with Crippen molar-refractivity contribution in [1.29, 1.82) is 0 Å². The quantitative estimate of drug-likeness (QED) is 0.404. The molecule has 4 rings (SSSR count). The molecule has 5 nitrogen and oxygen atoms in total. The Morgan fingerprint density at radius 1 is 1.24 bits per heavy atom. The molecule has 2 heterocycles. The van der Waals surface area contributed by atoms with E-state index in [2.05, 4.69) is 15.3 Å². The maximum atomic E-state index is 14.3. The first-order chi connectivity index (χ1) is 14.0. The number of nitrogens with zero attached hydrogens (tertiary/aromatic N) is 3. The number of benzene rings is 2. The summed E-state index contributed by atoms with van der Waals surface area (Å²) in [6.45, 7) is 2.10. The number of rotatable bonds is 6. The number of hydrogen-bond donors (Lipinski definition) is 1. The predicted octanol–water partition coefficient (Wildman–Crippen LogP) is 5.37. The second-order valence-corrected chi connectivity index (χ2v) is 8.51. The van der Waals surface area contributed by atoms with Crippen LogP contribution in [0.1, 0.15) is 11.3 Å². The van der Waals surface area contributed by atoms with Crippen molar-refractivity contribution in [3.8, 4) is 0 Å². The second-order valence-electron chi connectivity index (χ2n) is 6.30. The van der Waals surface area contributed by atoms with Crippen LogP contribution in [0.2, 0.25) is 5.02 Å². The van der Waals surface area contributed by atoms with Crippen LogP contribution in [0.4, 0.5) is 9.52 Å². The van der Waals surface area contributed by atoms with Gasteiger partial charge in [-0.05, 0) is 31.2 Å². The topological polar surface area (TPSA) is 59.8 Å². The molecule has 0 bridgehead atoms. The molecule has 0 saturated carbocycles. The van der Waals surface area contributed by atoms with Gasteiger partial charge in [0, 0.05) is 16.0 Å². The number of hydrogen-bond acceptors (Lipinski definition) is 5. The van der Waals surface area contributed by atoms with Gasteiger partial charge in [-0.3, -0.25) is 4.79 Å². The third-order valence-electron chi connectivity index (χ3n) is 4.20. The molecule has 2 aromatic carbocycles. The Morgan fingerprint density at radius 3 is 2.83 bits per heavy atom. The third-order valence-corrected chi connectivity index (χ3v) is 6.40. The summed E-state index contributed by atoms with van der Waals surface area (Å²) in [5.74, 6) is -0.387. The van der Waals surface area contributed by atoms with Crippen LogP contribution in [0.5, 0.6) is 0 Å². The molecule has 2 aromatic heterocycles. The number of aromatic nitrogens is 3. The average molecular weight is 447 g/mol. The molecule has 0 atom stereocenters. The van der Waals surface area contributed by atoms with Crippen LogP contribution in [0.3, 0.4) is 0 Å². The number of anilines is 1.